The van der Waals surface area contributed by atoms with Crippen molar-refractivity contribution in [2.45, 2.75) is 77.0 Å². The van der Waals surface area contributed by atoms with Crippen LogP contribution in [-0.2, 0) is 43.4 Å². The summed E-state index contributed by atoms with van der Waals surface area (Å²) in [6.07, 6.45) is -4.38. The van der Waals surface area contributed by atoms with Gasteiger partial charge in [0.2, 0.25) is 0 Å². The van der Waals surface area contributed by atoms with E-state index in [1.807, 2.05) is 7.05 Å². The zero-order valence-electron chi connectivity index (χ0n) is 40.5. The number of hydrogen-bond donors (Lipinski definition) is 3. The summed E-state index contributed by atoms with van der Waals surface area (Å²) >= 11 is 7.02. The van der Waals surface area contributed by atoms with E-state index in [0.717, 1.165) is 31.5 Å². The smallest absolute Gasteiger partial charge is 0.424 e. The van der Waals surface area contributed by atoms with Crippen LogP contribution in [-0.4, -0.2) is 109 Å². The molecule has 2 amide bonds. The average Bonchev–Trinajstić information content (AvgIpc) is 3.95. The van der Waals surface area contributed by atoms with Crippen LogP contribution in [0.15, 0.2) is 52.7 Å². The molecule has 0 saturated carbocycles. The number of likely N-dealkylation sites (tertiary alicyclic amines) is 1. The molecule has 10 rings (SSSR count). The van der Waals surface area contributed by atoms with Gasteiger partial charge in [-0.3, -0.25) is 14.9 Å². The molecular weight excluding hydrogens is 1030 g/mol. The molecule has 6 aromatic rings. The SMILES string of the molecule is C=C(SOC(=O)Nc1cc2cc3c(nc2cc1F)-c1cc2c(c(=O)n1C3)COC(=O)[C@]2(O)CC)C(=O)N1CCN(c2nc(OC[C@@H]3CCCN3C)nc3c(F)c(-c4nc(N)cc(C)c4C(F)(F)F)c(Cl)cc23)[C@@H](C)C1. The number of anilines is 3. The Bertz CT molecular complexity index is 3510. The Morgan fingerprint density at radius 3 is 2.55 bits per heavy atom. The van der Waals surface area contributed by atoms with Gasteiger partial charge in [0, 0.05) is 59.7 Å². The summed E-state index contributed by atoms with van der Waals surface area (Å²) in [6.45, 7) is 9.29. The van der Waals surface area contributed by atoms with E-state index in [1.54, 1.807) is 24.8 Å². The van der Waals surface area contributed by atoms with Crippen LogP contribution < -0.4 is 26.2 Å². The van der Waals surface area contributed by atoms with Gasteiger partial charge in [-0.1, -0.05) is 25.1 Å². The number of nitrogens with one attached hydrogen (secondary N) is 1. The number of halogens is 6. The Labute approximate surface area is 432 Å². The monoisotopic (exact) mass is 1080 g/mol. The highest BCUT2D eigenvalue weighted by Crippen LogP contribution is 2.46. The lowest BCUT2D eigenvalue weighted by molar-refractivity contribution is -0.172. The highest BCUT2D eigenvalue weighted by atomic mass is 35.5. The molecule has 4 aliphatic heterocycles. The standard InChI is InChI=1S/C50H46ClF5N10O8S/c1-6-49(71)30-16-35-40-26(19-66(35)45(68)29(30)21-72-46(49)69)13-25-14-34(32(52)17-33(25)58-40)59-48(70)74-75-24(4)44(67)64-10-11-65(23(3)18-64)43-28-15-31(51)37(42-38(50(54,55)56)22(2)12-36(57)60-42)39(53)41(28)61-47(62-43)73-20-27-8-7-9-63(27)5/h12-17,23,27,71H,4,6-11,18-21H2,1-3,5H3,(H2,57,60)(H,59,70)/t23-,27-,49-/m0/s1. The highest BCUT2D eigenvalue weighted by Gasteiger charge is 2.46. The molecule has 3 atom stereocenters. The number of esters is 1. The van der Waals surface area contributed by atoms with E-state index in [9.17, 15) is 37.5 Å². The van der Waals surface area contributed by atoms with E-state index in [1.165, 1.54) is 34.6 Å². The van der Waals surface area contributed by atoms with Gasteiger partial charge in [-0.15, -0.1) is 0 Å². The minimum atomic E-state index is -4.95. The lowest BCUT2D eigenvalue weighted by atomic mass is 9.86. The number of nitrogens with zero attached hydrogens (tertiary/aromatic N) is 8. The quantitative estimate of drug-likeness (QED) is 0.0514. The van der Waals surface area contributed by atoms with Crippen molar-refractivity contribution in [3.8, 4) is 28.7 Å². The third-order valence-corrected chi connectivity index (χ3v) is 15.1. The van der Waals surface area contributed by atoms with Gasteiger partial charge >= 0.3 is 24.2 Å². The number of pyridine rings is 3. The third-order valence-electron chi connectivity index (χ3n) is 14.2. The number of carbonyl (C=O) groups is 3. The van der Waals surface area contributed by atoms with Crippen molar-refractivity contribution in [3.63, 3.8) is 0 Å². The second kappa shape index (κ2) is 19.2. The van der Waals surface area contributed by atoms with Crippen molar-refractivity contribution < 1.29 is 55.1 Å². The van der Waals surface area contributed by atoms with Gasteiger partial charge in [0.05, 0.1) is 56.5 Å². The molecule has 2 aromatic carbocycles. The number of benzene rings is 2. The van der Waals surface area contributed by atoms with Gasteiger partial charge < -0.3 is 43.8 Å². The van der Waals surface area contributed by atoms with E-state index < -0.39 is 74.8 Å². The molecule has 8 heterocycles. The van der Waals surface area contributed by atoms with Gasteiger partial charge in [-0.2, -0.15) is 23.1 Å². The fraction of sp³-hybridized carbons (Fsp3) is 0.360. The maximum absolute atomic E-state index is 17.0. The molecule has 4 aliphatic rings. The van der Waals surface area contributed by atoms with Crippen LogP contribution in [0.25, 0.3) is 44.5 Å². The highest BCUT2D eigenvalue weighted by molar-refractivity contribution is 7.99. The normalized spacial score (nSPS) is 19.5. The lowest BCUT2D eigenvalue weighted by Gasteiger charge is -2.41. The van der Waals surface area contributed by atoms with Crippen molar-refractivity contribution in [1.82, 2.24) is 34.3 Å². The number of alkyl halides is 3. The van der Waals surface area contributed by atoms with Crippen LogP contribution in [0.1, 0.15) is 60.9 Å². The first-order valence-electron chi connectivity index (χ1n) is 23.6. The van der Waals surface area contributed by atoms with Crippen LogP contribution >= 0.6 is 23.6 Å². The van der Waals surface area contributed by atoms with Gasteiger partial charge in [-0.25, -0.2) is 28.3 Å². The van der Waals surface area contributed by atoms with Crippen molar-refractivity contribution in [3.05, 3.63) is 103 Å². The maximum atomic E-state index is 17.0. The average molecular weight is 1080 g/mol. The zero-order valence-corrected chi connectivity index (χ0v) is 42.1. The Hall–Kier alpha value is -7.15. The van der Waals surface area contributed by atoms with Crippen molar-refractivity contribution in [2.24, 2.45) is 0 Å². The number of fused-ring (bicyclic) bond motifs is 6. The Kier molecular flexibility index (Phi) is 13.1. The number of amides is 2. The van der Waals surface area contributed by atoms with Crippen LogP contribution in [0.3, 0.4) is 0 Å². The minimum Gasteiger partial charge on any atom is -0.462 e. The van der Waals surface area contributed by atoms with E-state index in [0.29, 0.717) is 34.4 Å². The number of nitrogen functional groups attached to an aromatic ring is 1. The number of aliphatic hydroxyl groups is 1. The first-order chi connectivity index (χ1) is 35.6. The van der Waals surface area contributed by atoms with Crippen LogP contribution in [0.5, 0.6) is 6.01 Å². The summed E-state index contributed by atoms with van der Waals surface area (Å²) in [6, 6.07) is 7.16. The molecule has 18 nitrogen and oxygen atoms in total. The Morgan fingerprint density at radius 2 is 1.84 bits per heavy atom. The number of hydrogen-bond acceptors (Lipinski definition) is 16. The molecular formula is C50H46ClF5N10O8S. The van der Waals surface area contributed by atoms with E-state index in [-0.39, 0.29) is 113 Å². The van der Waals surface area contributed by atoms with Crippen molar-refractivity contribution in [2.75, 3.05) is 55.8 Å². The largest absolute Gasteiger partial charge is 0.462 e. The number of rotatable bonds is 10. The number of nitrogens with two attached hydrogens (primary N) is 1. The Balaban J connectivity index is 0.837. The van der Waals surface area contributed by atoms with E-state index >= 15 is 8.78 Å². The number of aryl methyl sites for hydroxylation is 1. The summed E-state index contributed by atoms with van der Waals surface area (Å²) in [5, 5.41) is 13.5. The van der Waals surface area contributed by atoms with Gasteiger partial charge in [0.25, 0.3) is 11.5 Å². The molecule has 0 radical (unpaired) electrons. The van der Waals surface area contributed by atoms with Crippen molar-refractivity contribution in [1.29, 1.82) is 0 Å². The first-order valence-corrected chi connectivity index (χ1v) is 24.8. The molecule has 4 N–H and O–H groups in total. The van der Waals surface area contributed by atoms with Crippen LogP contribution in [0.4, 0.5) is 44.1 Å². The van der Waals surface area contributed by atoms with Gasteiger partial charge in [0.1, 0.15) is 53.1 Å². The minimum absolute atomic E-state index is 0.000645. The molecule has 392 valence electrons. The van der Waals surface area contributed by atoms with E-state index in [2.05, 4.69) is 36.7 Å². The number of ether oxygens (including phenoxy) is 2. The lowest BCUT2D eigenvalue weighted by Crippen LogP contribution is -2.54. The summed E-state index contributed by atoms with van der Waals surface area (Å²) < 4.78 is 93.9. The molecule has 2 fully saturated rings. The van der Waals surface area contributed by atoms with Crippen molar-refractivity contribution >= 4 is 80.7 Å². The zero-order chi connectivity index (χ0) is 53.6. The van der Waals surface area contributed by atoms with Crippen LogP contribution in [0, 0.1) is 18.6 Å². The molecule has 2 saturated heterocycles. The summed E-state index contributed by atoms with van der Waals surface area (Å²) in [5.41, 5.74) is 1.49. The predicted octanol–water partition coefficient (Wildman–Crippen LogP) is 7.85. The number of cyclic esters (lactones) is 1. The van der Waals surface area contributed by atoms with Crippen LogP contribution in [0.2, 0.25) is 5.02 Å². The number of piperazine rings is 1. The maximum Gasteiger partial charge on any atom is 0.424 e. The second-order valence-corrected chi connectivity index (χ2v) is 20.1. The van der Waals surface area contributed by atoms with Gasteiger partial charge in [-0.05, 0) is 82.6 Å². The molecule has 75 heavy (non-hydrogen) atoms. The fourth-order valence-electron chi connectivity index (χ4n) is 10.2. The Morgan fingerprint density at radius 1 is 1.07 bits per heavy atom. The number of aromatic nitrogens is 5. The molecule has 0 spiro atoms. The molecule has 0 aliphatic carbocycles. The topological polar surface area (TPSA) is 220 Å². The summed E-state index contributed by atoms with van der Waals surface area (Å²) in [4.78, 5) is 75.6. The molecule has 0 unspecified atom stereocenters. The fourth-order valence-corrected chi connectivity index (χ4v) is 10.9. The summed E-state index contributed by atoms with van der Waals surface area (Å²) in [7, 11) is 1.93. The molecule has 25 heteroatoms. The molecule has 0 bridgehead atoms. The van der Waals surface area contributed by atoms with Gasteiger partial charge in [0.15, 0.2) is 11.4 Å². The predicted molar refractivity (Wildman–Crippen MR) is 268 cm³/mol. The second-order valence-electron chi connectivity index (χ2n) is 18.9. The molecule has 4 aromatic heterocycles. The summed E-state index contributed by atoms with van der Waals surface area (Å²) in [5.74, 6) is -3.69. The number of likely N-dealkylation sites (N-methyl/N-ethyl adjacent to an activating group) is 1. The van der Waals surface area contributed by atoms with E-state index in [4.69, 9.17) is 31.0 Å². The third kappa shape index (κ3) is 9.09. The number of carbonyl (C=O) groups excluding carboxylic acids is 3. The first kappa shape index (κ1) is 51.3.